The third-order valence-corrected chi connectivity index (χ3v) is 4.64. The van der Waals surface area contributed by atoms with Crippen LogP contribution in [0.3, 0.4) is 0 Å². The van der Waals surface area contributed by atoms with Gasteiger partial charge in [-0.05, 0) is 12.8 Å². The standard InChI is InChI=1S/C12H13FN2O5S/c13-9-6-10(14-7-1-3-21(20)4-2-7)11(15(18)19)5-8(9)12(16)17/h5-7,14H,1-4H2,(H,16,17). The molecule has 0 aliphatic carbocycles. The molecule has 1 fully saturated rings. The number of carboxylic acids is 1. The van der Waals surface area contributed by atoms with Crippen LogP contribution in [-0.4, -0.2) is 37.8 Å². The lowest BCUT2D eigenvalue weighted by molar-refractivity contribution is -0.384. The predicted octanol–water partition coefficient (Wildman–Crippen LogP) is 1.76. The summed E-state index contributed by atoms with van der Waals surface area (Å²) in [5, 5.41) is 22.6. The van der Waals surface area contributed by atoms with Crippen molar-refractivity contribution in [2.45, 2.75) is 18.9 Å². The third-order valence-electron chi connectivity index (χ3n) is 3.26. The number of carboxylic acid groups (broad SMARTS) is 1. The van der Waals surface area contributed by atoms with Crippen LogP contribution in [0.15, 0.2) is 12.1 Å². The minimum absolute atomic E-state index is 0.0554. The summed E-state index contributed by atoms with van der Waals surface area (Å²) in [5.74, 6) is -1.62. The van der Waals surface area contributed by atoms with Gasteiger partial charge in [0.15, 0.2) is 0 Å². The zero-order chi connectivity index (χ0) is 15.6. The first kappa shape index (κ1) is 15.4. The van der Waals surface area contributed by atoms with Crippen molar-refractivity contribution >= 4 is 28.1 Å². The maximum Gasteiger partial charge on any atom is 0.338 e. The highest BCUT2D eigenvalue weighted by Crippen LogP contribution is 2.29. The largest absolute Gasteiger partial charge is 0.478 e. The molecule has 1 aromatic carbocycles. The van der Waals surface area contributed by atoms with E-state index in [4.69, 9.17) is 5.11 Å². The summed E-state index contributed by atoms with van der Waals surface area (Å²) in [4.78, 5) is 21.1. The molecule has 0 saturated carbocycles. The van der Waals surface area contributed by atoms with E-state index in [1.807, 2.05) is 0 Å². The Morgan fingerprint density at radius 3 is 2.57 bits per heavy atom. The van der Waals surface area contributed by atoms with E-state index in [9.17, 15) is 23.5 Å². The van der Waals surface area contributed by atoms with Crippen LogP contribution in [0.2, 0.25) is 0 Å². The first-order chi connectivity index (χ1) is 9.88. The number of hydrogen-bond donors (Lipinski definition) is 2. The Labute approximate surface area is 121 Å². The number of nitrogens with zero attached hydrogens (tertiary/aromatic N) is 1. The second-order valence-corrected chi connectivity index (χ2v) is 6.37. The van der Waals surface area contributed by atoms with Crippen LogP contribution in [-0.2, 0) is 10.8 Å². The second kappa shape index (κ2) is 6.17. The summed E-state index contributed by atoms with van der Waals surface area (Å²) in [6.07, 6.45) is 1.12. The van der Waals surface area contributed by atoms with Crippen molar-refractivity contribution in [2.24, 2.45) is 0 Å². The summed E-state index contributed by atoms with van der Waals surface area (Å²) in [5.41, 5.74) is -1.28. The van der Waals surface area contributed by atoms with E-state index in [0.29, 0.717) is 30.4 Å². The lowest BCUT2D eigenvalue weighted by atomic mass is 10.1. The van der Waals surface area contributed by atoms with Crippen LogP contribution in [0.25, 0.3) is 0 Å². The van der Waals surface area contributed by atoms with Crippen molar-refractivity contribution in [1.82, 2.24) is 0 Å². The number of nitro groups is 1. The summed E-state index contributed by atoms with van der Waals surface area (Å²) in [6, 6.07) is 1.39. The van der Waals surface area contributed by atoms with Gasteiger partial charge < -0.3 is 10.4 Å². The average molecular weight is 316 g/mol. The van der Waals surface area contributed by atoms with Gasteiger partial charge in [-0.3, -0.25) is 14.3 Å². The highest BCUT2D eigenvalue weighted by Gasteiger charge is 2.25. The number of rotatable bonds is 4. The van der Waals surface area contributed by atoms with Crippen LogP contribution < -0.4 is 5.32 Å². The molecule has 21 heavy (non-hydrogen) atoms. The number of benzene rings is 1. The van der Waals surface area contributed by atoms with Crippen molar-refractivity contribution in [3.8, 4) is 0 Å². The van der Waals surface area contributed by atoms with E-state index < -0.39 is 38.8 Å². The molecule has 0 atom stereocenters. The zero-order valence-electron chi connectivity index (χ0n) is 10.9. The van der Waals surface area contributed by atoms with E-state index in [2.05, 4.69) is 5.32 Å². The topological polar surface area (TPSA) is 110 Å². The molecule has 2 N–H and O–H groups in total. The summed E-state index contributed by atoms with van der Waals surface area (Å²) >= 11 is 0. The molecule has 1 aliphatic heterocycles. The quantitative estimate of drug-likeness (QED) is 0.647. The van der Waals surface area contributed by atoms with E-state index in [-0.39, 0.29) is 11.7 Å². The molecule has 9 heteroatoms. The molecule has 0 unspecified atom stereocenters. The number of carbonyl (C=O) groups is 1. The van der Waals surface area contributed by atoms with Gasteiger partial charge in [-0.15, -0.1) is 0 Å². The molecule has 114 valence electrons. The smallest absolute Gasteiger partial charge is 0.338 e. The van der Waals surface area contributed by atoms with E-state index in [1.165, 1.54) is 0 Å². The third kappa shape index (κ3) is 3.54. The van der Waals surface area contributed by atoms with E-state index in [1.54, 1.807) is 0 Å². The molecule has 0 aromatic heterocycles. The number of hydrogen-bond acceptors (Lipinski definition) is 5. The van der Waals surface area contributed by atoms with Gasteiger partial charge in [0.25, 0.3) is 5.69 Å². The zero-order valence-corrected chi connectivity index (χ0v) is 11.7. The van der Waals surface area contributed by atoms with Crippen LogP contribution in [0.5, 0.6) is 0 Å². The Kier molecular flexibility index (Phi) is 4.51. The summed E-state index contributed by atoms with van der Waals surface area (Å²) < 4.78 is 24.9. The molecule has 0 spiro atoms. The van der Waals surface area contributed by atoms with Crippen molar-refractivity contribution < 1.29 is 23.4 Å². The molecule has 0 amide bonds. The lowest BCUT2D eigenvalue weighted by Crippen LogP contribution is -2.29. The molecular weight excluding hydrogens is 303 g/mol. The van der Waals surface area contributed by atoms with E-state index >= 15 is 0 Å². The monoisotopic (exact) mass is 316 g/mol. The SMILES string of the molecule is O=C(O)c1cc([N+](=O)[O-])c(NC2CCS(=O)CC2)cc1F. The summed E-state index contributed by atoms with van der Waals surface area (Å²) in [6.45, 7) is 0. The maximum atomic E-state index is 13.7. The van der Waals surface area contributed by atoms with Crippen molar-refractivity contribution in [3.63, 3.8) is 0 Å². The Morgan fingerprint density at radius 2 is 2.05 bits per heavy atom. The van der Waals surface area contributed by atoms with Gasteiger partial charge in [-0.1, -0.05) is 0 Å². The van der Waals surface area contributed by atoms with Crippen molar-refractivity contribution in [3.05, 3.63) is 33.6 Å². The summed E-state index contributed by atoms with van der Waals surface area (Å²) in [7, 11) is -0.873. The average Bonchev–Trinajstić information content (AvgIpc) is 2.40. The Balaban J connectivity index is 2.29. The minimum Gasteiger partial charge on any atom is -0.478 e. The Morgan fingerprint density at radius 1 is 1.43 bits per heavy atom. The molecule has 1 heterocycles. The molecule has 0 bridgehead atoms. The van der Waals surface area contributed by atoms with Gasteiger partial charge in [0.1, 0.15) is 17.1 Å². The fraction of sp³-hybridized carbons (Fsp3) is 0.417. The minimum atomic E-state index is -1.56. The first-order valence-corrected chi connectivity index (χ1v) is 7.70. The number of halogens is 1. The van der Waals surface area contributed by atoms with Crippen LogP contribution in [0, 0.1) is 15.9 Å². The number of aromatic carboxylic acids is 1. The van der Waals surface area contributed by atoms with Gasteiger partial charge in [-0.25, -0.2) is 9.18 Å². The van der Waals surface area contributed by atoms with Crippen LogP contribution >= 0.6 is 0 Å². The maximum absolute atomic E-state index is 13.7. The Hall–Kier alpha value is -2.03. The Bertz CT molecular complexity index is 612. The first-order valence-electron chi connectivity index (χ1n) is 6.21. The fourth-order valence-corrected chi connectivity index (χ4v) is 3.45. The number of nitrogens with one attached hydrogen (secondary N) is 1. The molecular formula is C12H13FN2O5S. The molecule has 1 aliphatic rings. The van der Waals surface area contributed by atoms with Crippen LogP contribution in [0.4, 0.5) is 15.8 Å². The van der Waals surface area contributed by atoms with Crippen LogP contribution in [0.1, 0.15) is 23.2 Å². The highest BCUT2D eigenvalue weighted by molar-refractivity contribution is 7.85. The molecule has 1 aromatic rings. The van der Waals surface area contributed by atoms with E-state index in [0.717, 1.165) is 6.07 Å². The van der Waals surface area contributed by atoms with Gasteiger partial charge >= 0.3 is 5.97 Å². The van der Waals surface area contributed by atoms with Gasteiger partial charge in [0, 0.05) is 40.5 Å². The molecule has 2 rings (SSSR count). The predicted molar refractivity (Wildman–Crippen MR) is 74.5 cm³/mol. The molecule has 1 saturated heterocycles. The van der Waals surface area contributed by atoms with Crippen molar-refractivity contribution in [1.29, 1.82) is 0 Å². The number of nitro benzene ring substituents is 1. The fourth-order valence-electron chi connectivity index (χ4n) is 2.15. The van der Waals surface area contributed by atoms with Gasteiger partial charge in [0.2, 0.25) is 0 Å². The number of anilines is 1. The van der Waals surface area contributed by atoms with Crippen molar-refractivity contribution in [2.75, 3.05) is 16.8 Å². The lowest BCUT2D eigenvalue weighted by Gasteiger charge is -2.23. The highest BCUT2D eigenvalue weighted by atomic mass is 32.2. The molecule has 7 nitrogen and oxygen atoms in total. The second-order valence-electron chi connectivity index (χ2n) is 4.68. The molecule has 0 radical (unpaired) electrons. The normalized spacial score (nSPS) is 21.8. The van der Waals surface area contributed by atoms with Gasteiger partial charge in [-0.2, -0.15) is 0 Å². The van der Waals surface area contributed by atoms with Gasteiger partial charge in [0.05, 0.1) is 4.92 Å².